The summed E-state index contributed by atoms with van der Waals surface area (Å²) in [7, 11) is -9.72. The SMILES string of the molecule is CC/C=C\CC1OC1C/C=C\C/C=C\C/C=C\C/C=C\CCC(=O)O[C@H](COC(=O)CCCCCCCCCCCCCCCCCCCCC(C)CC)COP(=O)(O)OC[C@@H](O)COP(=O)(O)O. The molecule has 1 fully saturated rings. The Balaban J connectivity index is 2.30. The minimum Gasteiger partial charge on any atom is -0.462 e. The number of allylic oxidation sites excluding steroid dienone is 8. The van der Waals surface area contributed by atoms with Gasteiger partial charge in [0.1, 0.15) is 12.7 Å². The van der Waals surface area contributed by atoms with Crippen LogP contribution in [0.15, 0.2) is 60.8 Å². The van der Waals surface area contributed by atoms with Crippen molar-refractivity contribution >= 4 is 27.6 Å². The highest BCUT2D eigenvalue weighted by molar-refractivity contribution is 7.47. The maximum atomic E-state index is 12.7. The molecule has 0 radical (unpaired) electrons. The summed E-state index contributed by atoms with van der Waals surface area (Å²) in [4.78, 5) is 53.0. The molecule has 0 bridgehead atoms. The average Bonchev–Trinajstić information content (AvgIpc) is 4.07. The van der Waals surface area contributed by atoms with Crippen molar-refractivity contribution in [3.63, 3.8) is 0 Å². The Labute approximate surface area is 417 Å². The number of hydrogen-bond acceptors (Lipinski definition) is 11. The van der Waals surface area contributed by atoms with Gasteiger partial charge in [-0.25, -0.2) is 9.13 Å². The van der Waals surface area contributed by atoms with E-state index < -0.39 is 66.2 Å². The highest BCUT2D eigenvalue weighted by Gasteiger charge is 2.36. The van der Waals surface area contributed by atoms with Crippen LogP contribution < -0.4 is 0 Å². The van der Waals surface area contributed by atoms with Crippen LogP contribution in [0.25, 0.3) is 0 Å². The summed E-state index contributed by atoms with van der Waals surface area (Å²) in [5, 5.41) is 9.79. The van der Waals surface area contributed by atoms with Gasteiger partial charge in [-0.15, -0.1) is 0 Å². The van der Waals surface area contributed by atoms with E-state index in [4.69, 9.17) is 33.0 Å². The Hall–Kier alpha value is -2.22. The number of esters is 2. The zero-order chi connectivity index (χ0) is 50.7. The topological polar surface area (TPSA) is 208 Å². The molecule has 0 aromatic rings. The molecule has 69 heavy (non-hydrogen) atoms. The number of phosphoric ester groups is 2. The van der Waals surface area contributed by atoms with Crippen LogP contribution in [0, 0.1) is 5.92 Å². The van der Waals surface area contributed by atoms with Crippen LogP contribution in [0.5, 0.6) is 0 Å². The molecular formula is C53H94O14P2. The number of aliphatic hydroxyl groups excluding tert-OH is 1. The lowest BCUT2D eigenvalue weighted by atomic mass is 9.99. The number of ether oxygens (including phenoxy) is 3. The van der Waals surface area contributed by atoms with E-state index in [2.05, 4.69) is 67.8 Å². The molecule has 14 nitrogen and oxygen atoms in total. The molecule has 0 aliphatic carbocycles. The molecule has 1 aliphatic heterocycles. The predicted molar refractivity (Wildman–Crippen MR) is 275 cm³/mol. The Morgan fingerprint density at radius 2 is 1.00 bits per heavy atom. The number of phosphoric acid groups is 2. The third kappa shape index (κ3) is 44.2. The van der Waals surface area contributed by atoms with Gasteiger partial charge in [0, 0.05) is 12.8 Å². The van der Waals surface area contributed by atoms with Crippen LogP contribution in [0.3, 0.4) is 0 Å². The lowest BCUT2D eigenvalue weighted by molar-refractivity contribution is -0.161. The van der Waals surface area contributed by atoms with Crippen molar-refractivity contribution in [1.29, 1.82) is 0 Å². The van der Waals surface area contributed by atoms with Gasteiger partial charge in [-0.2, -0.15) is 0 Å². The Morgan fingerprint density at radius 3 is 1.51 bits per heavy atom. The summed E-state index contributed by atoms with van der Waals surface area (Å²) in [6.45, 7) is 3.97. The van der Waals surface area contributed by atoms with Gasteiger partial charge in [0.25, 0.3) is 0 Å². The second-order valence-electron chi connectivity index (χ2n) is 18.4. The van der Waals surface area contributed by atoms with Crippen molar-refractivity contribution in [1.82, 2.24) is 0 Å². The van der Waals surface area contributed by atoms with Gasteiger partial charge >= 0.3 is 27.6 Å². The van der Waals surface area contributed by atoms with Crippen molar-refractivity contribution < 1.29 is 66.3 Å². The maximum absolute atomic E-state index is 12.7. The van der Waals surface area contributed by atoms with E-state index in [1.807, 2.05) is 18.2 Å². The predicted octanol–water partition coefficient (Wildman–Crippen LogP) is 13.6. The Kier molecular flexibility index (Phi) is 40.7. The van der Waals surface area contributed by atoms with Crippen molar-refractivity contribution in [3.05, 3.63) is 60.8 Å². The highest BCUT2D eigenvalue weighted by atomic mass is 31.2. The smallest absolute Gasteiger partial charge is 0.462 e. The van der Waals surface area contributed by atoms with Gasteiger partial charge in [-0.1, -0.05) is 204 Å². The lowest BCUT2D eigenvalue weighted by Crippen LogP contribution is -2.29. The first-order valence-corrected chi connectivity index (χ1v) is 29.5. The van der Waals surface area contributed by atoms with E-state index in [0.29, 0.717) is 31.5 Å². The average molecular weight is 1020 g/mol. The third-order valence-corrected chi connectivity index (χ3v) is 13.3. The standard InChI is InChI=1S/C53H94O14P2/c1-4-6-33-39-50-51(67-50)40-35-30-26-22-18-15-16-20-24-28-32-37-42-53(56)66-49(46-65-69(60,61)64-44-48(54)43-63-68(57,58)59)45-62-52(55)41-36-31-27-23-19-14-12-10-8-7-9-11-13-17-21-25-29-34-38-47(3)5-2/h6,16,18,20,22,28,30,32-33,35,47-51,54H,4-5,7-15,17,19,21,23-27,29,31,34,36-46H2,1-3H3,(H,60,61)(H2,57,58,59)/b20-16-,22-18-,32-28-,33-6-,35-30-/t47?,48-,49+,50?,51?/m0/s1. The van der Waals surface area contributed by atoms with Gasteiger partial charge in [-0.3, -0.25) is 23.2 Å². The monoisotopic (exact) mass is 1020 g/mol. The second kappa shape index (κ2) is 43.4. The molecule has 6 atom stereocenters. The molecule has 1 aliphatic rings. The Morgan fingerprint density at radius 1 is 0.551 bits per heavy atom. The van der Waals surface area contributed by atoms with Gasteiger partial charge in [-0.05, 0) is 57.3 Å². The molecular weight excluding hydrogens is 923 g/mol. The Bertz CT molecular complexity index is 1520. The zero-order valence-corrected chi connectivity index (χ0v) is 44.5. The third-order valence-electron chi connectivity index (χ3n) is 11.9. The number of carbonyl (C=O) groups is 2. The van der Waals surface area contributed by atoms with Crippen molar-refractivity contribution in [2.24, 2.45) is 5.92 Å². The fourth-order valence-electron chi connectivity index (χ4n) is 7.39. The van der Waals surface area contributed by atoms with Crippen molar-refractivity contribution in [2.75, 3.05) is 26.4 Å². The first-order valence-electron chi connectivity index (χ1n) is 26.5. The van der Waals surface area contributed by atoms with Crippen LogP contribution in [-0.2, 0) is 46.5 Å². The molecule has 400 valence electrons. The molecule has 0 aromatic carbocycles. The van der Waals surface area contributed by atoms with Crippen molar-refractivity contribution in [3.8, 4) is 0 Å². The fraction of sp³-hybridized carbons (Fsp3) is 0.774. The molecule has 1 heterocycles. The molecule has 0 saturated carbocycles. The number of carbonyl (C=O) groups excluding carboxylic acids is 2. The normalized spacial score (nSPS) is 17.7. The van der Waals surface area contributed by atoms with Gasteiger partial charge in [0.15, 0.2) is 6.10 Å². The van der Waals surface area contributed by atoms with E-state index in [-0.39, 0.29) is 12.8 Å². The van der Waals surface area contributed by atoms with Crippen LogP contribution in [0.4, 0.5) is 0 Å². The fourth-order valence-corrected chi connectivity index (χ4v) is 8.55. The molecule has 4 N–H and O–H groups in total. The molecule has 0 amide bonds. The van der Waals surface area contributed by atoms with E-state index in [9.17, 15) is 28.7 Å². The number of unbranched alkanes of at least 4 members (excludes halogenated alkanes) is 17. The maximum Gasteiger partial charge on any atom is 0.472 e. The number of aliphatic hydroxyl groups is 1. The van der Waals surface area contributed by atoms with E-state index in [1.54, 1.807) is 0 Å². The summed E-state index contributed by atoms with van der Waals surface area (Å²) in [6.07, 6.45) is 49.7. The number of hydrogen-bond donors (Lipinski definition) is 4. The summed E-state index contributed by atoms with van der Waals surface area (Å²) < 4.78 is 53.6. The highest BCUT2D eigenvalue weighted by Crippen LogP contribution is 2.44. The van der Waals surface area contributed by atoms with Crippen LogP contribution in [-0.4, -0.2) is 82.6 Å². The van der Waals surface area contributed by atoms with Crippen LogP contribution in [0.2, 0.25) is 0 Å². The van der Waals surface area contributed by atoms with E-state index >= 15 is 0 Å². The van der Waals surface area contributed by atoms with E-state index in [1.165, 1.54) is 103 Å². The first-order chi connectivity index (χ1) is 33.2. The molecule has 4 unspecified atom stereocenters. The molecule has 1 saturated heterocycles. The van der Waals surface area contributed by atoms with Gasteiger partial charge in [0.2, 0.25) is 0 Å². The summed E-state index contributed by atoms with van der Waals surface area (Å²) in [5.74, 6) is -0.246. The van der Waals surface area contributed by atoms with Gasteiger partial charge < -0.3 is 34.0 Å². The minimum absolute atomic E-state index is 0.00243. The molecule has 0 spiro atoms. The minimum atomic E-state index is -4.88. The quantitative estimate of drug-likeness (QED) is 0.0147. The zero-order valence-electron chi connectivity index (χ0n) is 42.8. The van der Waals surface area contributed by atoms with E-state index in [0.717, 1.165) is 57.3 Å². The van der Waals surface area contributed by atoms with Crippen LogP contribution >= 0.6 is 15.6 Å². The number of rotatable bonds is 48. The van der Waals surface area contributed by atoms with Gasteiger partial charge in [0.05, 0.1) is 32.0 Å². The summed E-state index contributed by atoms with van der Waals surface area (Å²) in [6, 6.07) is 0. The number of epoxide rings is 1. The first kappa shape index (κ1) is 64.8. The van der Waals surface area contributed by atoms with Crippen molar-refractivity contribution in [2.45, 2.75) is 231 Å². The lowest BCUT2D eigenvalue weighted by Gasteiger charge is -2.20. The second-order valence-corrected chi connectivity index (χ2v) is 21.1. The molecule has 1 rings (SSSR count). The summed E-state index contributed by atoms with van der Waals surface area (Å²) in [5.41, 5.74) is 0. The molecule has 0 aromatic heterocycles. The summed E-state index contributed by atoms with van der Waals surface area (Å²) >= 11 is 0. The largest absolute Gasteiger partial charge is 0.472 e. The van der Waals surface area contributed by atoms with Crippen LogP contribution in [0.1, 0.15) is 207 Å². The molecule has 16 heteroatoms.